The summed E-state index contributed by atoms with van der Waals surface area (Å²) in [5.74, 6) is 1.47. The summed E-state index contributed by atoms with van der Waals surface area (Å²) < 4.78 is 9.15. The smallest absolute Gasteiger partial charge is 0.160 e. The van der Waals surface area contributed by atoms with E-state index in [2.05, 4.69) is 131 Å². The van der Waals surface area contributed by atoms with Crippen molar-refractivity contribution in [2.45, 2.75) is 32.9 Å². The average Bonchev–Trinajstić information content (AvgIpc) is 3.78. The number of benzene rings is 6. The molecule has 10 rings (SSSR count). The van der Waals surface area contributed by atoms with Crippen LogP contribution in [0.4, 0.5) is 0 Å². The fraction of sp³-hybridized carbons (Fsp3) is 0.106. The number of rotatable bonds is 5. The van der Waals surface area contributed by atoms with Crippen LogP contribution in [0.25, 0.3) is 61.8 Å². The Bertz CT molecular complexity index is 2770. The molecule has 0 bridgehead atoms. The monoisotopic (exact) mass is 674 g/mol. The Hall–Kier alpha value is -6.46. The molecule has 0 radical (unpaired) electrons. The molecule has 6 aromatic carbocycles. The first-order valence-corrected chi connectivity index (χ1v) is 18.2. The molecular formula is C47H38N4O. The molecule has 0 fully saturated rings. The molecule has 252 valence electrons. The normalized spacial score (nSPS) is 15.1. The van der Waals surface area contributed by atoms with Crippen LogP contribution in [0.1, 0.15) is 49.5 Å². The van der Waals surface area contributed by atoms with Crippen LogP contribution in [-0.4, -0.2) is 16.2 Å². The topological polar surface area (TPSA) is 54.8 Å². The summed E-state index contributed by atoms with van der Waals surface area (Å²) in [4.78, 5) is 10.4. The zero-order valence-electron chi connectivity index (χ0n) is 29.3. The molecule has 0 saturated heterocycles. The molecule has 0 spiro atoms. The number of nitrogens with one attached hydrogen (secondary N) is 1. The van der Waals surface area contributed by atoms with Crippen LogP contribution in [0.3, 0.4) is 0 Å². The lowest BCUT2D eigenvalue weighted by atomic mass is 9.96. The molecule has 1 aliphatic carbocycles. The van der Waals surface area contributed by atoms with Crippen molar-refractivity contribution >= 4 is 56.7 Å². The Labute approximate surface area is 302 Å². The maximum Gasteiger partial charge on any atom is 0.160 e. The van der Waals surface area contributed by atoms with Crippen molar-refractivity contribution in [2.24, 2.45) is 9.98 Å². The highest BCUT2D eigenvalue weighted by Crippen LogP contribution is 2.39. The van der Waals surface area contributed by atoms with E-state index in [0.29, 0.717) is 5.84 Å². The van der Waals surface area contributed by atoms with Gasteiger partial charge in [0.15, 0.2) is 5.84 Å². The first-order valence-electron chi connectivity index (χ1n) is 18.2. The minimum absolute atomic E-state index is 0.290. The fourth-order valence-corrected chi connectivity index (χ4v) is 7.58. The van der Waals surface area contributed by atoms with E-state index in [4.69, 9.17) is 14.4 Å². The largest absolute Gasteiger partial charge is 0.455 e. The Morgan fingerprint density at radius 2 is 1.35 bits per heavy atom. The minimum Gasteiger partial charge on any atom is -0.455 e. The van der Waals surface area contributed by atoms with E-state index in [0.717, 1.165) is 68.4 Å². The van der Waals surface area contributed by atoms with Crippen LogP contribution in [-0.2, 0) is 0 Å². The lowest BCUT2D eigenvalue weighted by Crippen LogP contribution is -2.33. The van der Waals surface area contributed by atoms with Gasteiger partial charge in [0.05, 0.1) is 5.52 Å². The predicted octanol–water partition coefficient (Wildman–Crippen LogP) is 10.1. The number of aliphatic imine (C=N–C) groups is 2. The summed E-state index contributed by atoms with van der Waals surface area (Å²) in [5, 5.41) is 9.47. The molecule has 1 unspecified atom stereocenters. The SMILES string of the molecule is C1=c2c(n(-c3ccccc3)c3ccc(-c4ccc(C5=NC(c6ccccc6)NC(c6ccccc6)=N5)c5c4oc4ccccc45)cc23)=CCC1.CC. The zero-order chi connectivity index (χ0) is 35.0. The van der Waals surface area contributed by atoms with Gasteiger partial charge < -0.3 is 14.3 Å². The van der Waals surface area contributed by atoms with Crippen LogP contribution >= 0.6 is 0 Å². The van der Waals surface area contributed by atoms with Gasteiger partial charge in [-0.3, -0.25) is 0 Å². The van der Waals surface area contributed by atoms with Crippen molar-refractivity contribution in [3.05, 3.63) is 173 Å². The number of amidine groups is 2. The third-order valence-corrected chi connectivity index (χ3v) is 9.89. The highest BCUT2D eigenvalue weighted by atomic mass is 16.3. The minimum atomic E-state index is -0.290. The molecule has 0 amide bonds. The van der Waals surface area contributed by atoms with Crippen LogP contribution in [0.15, 0.2) is 160 Å². The average molecular weight is 675 g/mol. The predicted molar refractivity (Wildman–Crippen MR) is 217 cm³/mol. The van der Waals surface area contributed by atoms with Crippen LogP contribution in [0, 0.1) is 0 Å². The molecule has 5 heteroatoms. The number of para-hydroxylation sites is 2. The van der Waals surface area contributed by atoms with E-state index >= 15 is 0 Å². The summed E-state index contributed by atoms with van der Waals surface area (Å²) in [7, 11) is 0. The van der Waals surface area contributed by atoms with Gasteiger partial charge in [0, 0.05) is 49.1 Å². The Balaban J connectivity index is 0.00000177. The van der Waals surface area contributed by atoms with Crippen molar-refractivity contribution in [1.82, 2.24) is 9.88 Å². The van der Waals surface area contributed by atoms with E-state index in [9.17, 15) is 0 Å². The Morgan fingerprint density at radius 3 is 2.15 bits per heavy atom. The van der Waals surface area contributed by atoms with Crippen LogP contribution in [0.2, 0.25) is 0 Å². The summed E-state index contributed by atoms with van der Waals surface area (Å²) in [6.07, 6.45) is 6.56. The maximum absolute atomic E-state index is 6.75. The lowest BCUT2D eigenvalue weighted by molar-refractivity contribution is 0.669. The second-order valence-electron chi connectivity index (χ2n) is 12.9. The lowest BCUT2D eigenvalue weighted by Gasteiger charge is -2.24. The number of hydrogen-bond acceptors (Lipinski definition) is 4. The molecule has 2 aromatic heterocycles. The Morgan fingerprint density at radius 1 is 0.654 bits per heavy atom. The van der Waals surface area contributed by atoms with E-state index in [1.54, 1.807) is 0 Å². The fourth-order valence-electron chi connectivity index (χ4n) is 7.58. The van der Waals surface area contributed by atoms with Crippen molar-refractivity contribution in [2.75, 3.05) is 0 Å². The van der Waals surface area contributed by atoms with Gasteiger partial charge in [0.1, 0.15) is 23.2 Å². The van der Waals surface area contributed by atoms with Crippen molar-refractivity contribution in [3.8, 4) is 16.8 Å². The van der Waals surface area contributed by atoms with Crippen molar-refractivity contribution in [3.63, 3.8) is 0 Å². The number of furan rings is 1. The number of fused-ring (bicyclic) bond motifs is 6. The molecule has 52 heavy (non-hydrogen) atoms. The summed E-state index contributed by atoms with van der Waals surface area (Å²) in [6.45, 7) is 4.00. The van der Waals surface area contributed by atoms with Crippen molar-refractivity contribution in [1.29, 1.82) is 0 Å². The molecule has 2 aliphatic rings. The molecule has 8 aromatic rings. The molecule has 3 heterocycles. The van der Waals surface area contributed by atoms with Gasteiger partial charge in [-0.1, -0.05) is 129 Å². The van der Waals surface area contributed by atoms with Gasteiger partial charge in [-0.05, 0) is 66.4 Å². The second kappa shape index (κ2) is 13.3. The van der Waals surface area contributed by atoms with Crippen LogP contribution < -0.4 is 15.9 Å². The highest BCUT2D eigenvalue weighted by Gasteiger charge is 2.25. The van der Waals surface area contributed by atoms with E-state index in [1.807, 2.05) is 50.2 Å². The quantitative estimate of drug-likeness (QED) is 0.198. The van der Waals surface area contributed by atoms with Crippen LogP contribution in [0.5, 0.6) is 0 Å². The first kappa shape index (κ1) is 31.5. The van der Waals surface area contributed by atoms with Gasteiger partial charge in [0.2, 0.25) is 0 Å². The Kier molecular flexibility index (Phi) is 8.09. The third kappa shape index (κ3) is 5.33. The number of nitrogens with zero attached hydrogens (tertiary/aromatic N) is 3. The summed E-state index contributed by atoms with van der Waals surface area (Å²) in [6, 6.07) is 50.7. The van der Waals surface area contributed by atoms with Crippen molar-refractivity contribution < 1.29 is 4.42 Å². The number of hydrogen-bond donors (Lipinski definition) is 1. The molecular weight excluding hydrogens is 637 g/mol. The molecule has 1 aliphatic heterocycles. The zero-order valence-corrected chi connectivity index (χ0v) is 29.3. The number of aromatic nitrogens is 1. The van der Waals surface area contributed by atoms with Gasteiger partial charge in [-0.15, -0.1) is 0 Å². The van der Waals surface area contributed by atoms with E-state index in [1.165, 1.54) is 27.2 Å². The summed E-state index contributed by atoms with van der Waals surface area (Å²) >= 11 is 0. The van der Waals surface area contributed by atoms with Gasteiger partial charge in [-0.2, -0.15) is 0 Å². The highest BCUT2D eigenvalue weighted by molar-refractivity contribution is 6.23. The third-order valence-electron chi connectivity index (χ3n) is 9.89. The molecule has 1 N–H and O–H groups in total. The standard InChI is InChI=1S/C45H32N4O.C2H6/c1-4-14-29(15-5-1)43-46-44(30-16-6-2-7-17-30)48-45(47-43)36-26-25-33(42-41(36)35-21-11-13-23-40(35)50-42)31-24-27-39-37(28-31)34-20-10-12-22-38(34)49(39)32-18-8-3-9-19-32;1-2/h1-9,11,13-28,43H,10,12H2,(H,46,47,48);1-2H3. The maximum atomic E-state index is 6.75. The van der Waals surface area contributed by atoms with Gasteiger partial charge in [-0.25, -0.2) is 9.98 Å². The first-order chi connectivity index (χ1) is 25.8. The van der Waals surface area contributed by atoms with Gasteiger partial charge in [0.25, 0.3) is 0 Å². The summed E-state index contributed by atoms with van der Waals surface area (Å²) in [5.41, 5.74) is 9.25. The van der Waals surface area contributed by atoms with E-state index < -0.39 is 0 Å². The van der Waals surface area contributed by atoms with E-state index in [-0.39, 0.29) is 6.17 Å². The van der Waals surface area contributed by atoms with Gasteiger partial charge >= 0.3 is 0 Å². The molecule has 0 saturated carbocycles. The molecule has 1 atom stereocenters. The second-order valence-corrected chi connectivity index (χ2v) is 12.9. The molecule has 5 nitrogen and oxygen atoms in total.